The van der Waals surface area contributed by atoms with Gasteiger partial charge in [-0.25, -0.2) is 4.68 Å². The molecular formula is C14H18N4O2S2. The SMILES string of the molecule is CCOC(=O)[C@H]1CSCCN1Cn1nc2ccccn2c1=S. The molecule has 3 heterocycles. The minimum Gasteiger partial charge on any atom is -0.465 e. The normalized spacial score (nSPS) is 19.4. The van der Waals surface area contributed by atoms with Gasteiger partial charge in [0.25, 0.3) is 0 Å². The summed E-state index contributed by atoms with van der Waals surface area (Å²) in [6.07, 6.45) is 1.90. The first-order valence-electron chi connectivity index (χ1n) is 7.23. The molecule has 2 aromatic heterocycles. The topological polar surface area (TPSA) is 51.8 Å². The predicted molar refractivity (Wildman–Crippen MR) is 88.5 cm³/mol. The molecule has 3 rings (SSSR count). The first-order chi connectivity index (χ1) is 10.7. The van der Waals surface area contributed by atoms with Crippen LogP contribution < -0.4 is 0 Å². The van der Waals surface area contributed by atoms with Crippen LogP contribution in [-0.2, 0) is 16.2 Å². The van der Waals surface area contributed by atoms with Gasteiger partial charge in [-0.2, -0.15) is 16.9 Å². The van der Waals surface area contributed by atoms with Crippen LogP contribution in [0, 0.1) is 4.77 Å². The number of pyridine rings is 1. The van der Waals surface area contributed by atoms with Gasteiger partial charge < -0.3 is 4.74 Å². The van der Waals surface area contributed by atoms with Gasteiger partial charge in [-0.3, -0.25) is 14.1 Å². The van der Waals surface area contributed by atoms with Crippen LogP contribution in [0.15, 0.2) is 24.4 Å². The molecule has 8 heteroatoms. The van der Waals surface area contributed by atoms with E-state index in [-0.39, 0.29) is 12.0 Å². The molecule has 0 saturated carbocycles. The molecule has 0 bridgehead atoms. The third-order valence-corrected chi connectivity index (χ3v) is 5.03. The monoisotopic (exact) mass is 338 g/mol. The molecule has 118 valence electrons. The fraction of sp³-hybridized carbons (Fsp3) is 0.500. The number of carbonyl (C=O) groups excluding carboxylic acids is 1. The van der Waals surface area contributed by atoms with Crippen LogP contribution in [0.4, 0.5) is 0 Å². The third kappa shape index (κ3) is 3.04. The van der Waals surface area contributed by atoms with Crippen molar-refractivity contribution in [3.63, 3.8) is 0 Å². The van der Waals surface area contributed by atoms with Gasteiger partial charge in [0.2, 0.25) is 4.77 Å². The maximum absolute atomic E-state index is 12.1. The second-order valence-electron chi connectivity index (χ2n) is 5.01. The van der Waals surface area contributed by atoms with Crippen molar-refractivity contribution in [2.75, 3.05) is 24.7 Å². The molecule has 0 aliphatic carbocycles. The summed E-state index contributed by atoms with van der Waals surface area (Å²) in [7, 11) is 0. The second kappa shape index (κ2) is 6.80. The average molecular weight is 338 g/mol. The smallest absolute Gasteiger partial charge is 0.324 e. The van der Waals surface area contributed by atoms with Crippen molar-refractivity contribution in [1.82, 2.24) is 19.1 Å². The van der Waals surface area contributed by atoms with Gasteiger partial charge in [0, 0.05) is 24.2 Å². The second-order valence-corrected chi connectivity index (χ2v) is 6.52. The number of rotatable bonds is 4. The van der Waals surface area contributed by atoms with E-state index in [4.69, 9.17) is 17.0 Å². The van der Waals surface area contributed by atoms with Crippen LogP contribution in [0.5, 0.6) is 0 Å². The molecule has 1 atom stereocenters. The summed E-state index contributed by atoms with van der Waals surface area (Å²) >= 11 is 7.24. The number of hydrogen-bond acceptors (Lipinski definition) is 6. The van der Waals surface area contributed by atoms with Gasteiger partial charge in [0.05, 0.1) is 13.3 Å². The minimum absolute atomic E-state index is 0.162. The summed E-state index contributed by atoms with van der Waals surface area (Å²) in [5.74, 6) is 1.58. The van der Waals surface area contributed by atoms with Crippen molar-refractivity contribution in [3.05, 3.63) is 29.2 Å². The standard InChI is InChI=1S/C14H18N4O2S2/c1-2-20-13(19)11-9-22-8-7-16(11)10-18-14(21)17-6-4-3-5-12(17)15-18/h3-6,11H,2,7-10H2,1H3/t11-/m1/s1. The molecule has 1 aliphatic heterocycles. The van der Waals surface area contributed by atoms with Crippen LogP contribution in [-0.4, -0.2) is 55.7 Å². The Bertz CT molecular complexity index is 727. The van der Waals surface area contributed by atoms with Crippen molar-refractivity contribution in [2.24, 2.45) is 0 Å². The van der Waals surface area contributed by atoms with E-state index in [0.717, 1.165) is 23.7 Å². The highest BCUT2D eigenvalue weighted by atomic mass is 32.2. The Morgan fingerprint density at radius 3 is 3.18 bits per heavy atom. The molecule has 2 aromatic rings. The Kier molecular flexibility index (Phi) is 4.80. The lowest BCUT2D eigenvalue weighted by molar-refractivity contribution is -0.149. The van der Waals surface area contributed by atoms with Crippen molar-refractivity contribution >= 4 is 35.6 Å². The molecule has 0 unspecified atom stereocenters. The van der Waals surface area contributed by atoms with Crippen molar-refractivity contribution in [1.29, 1.82) is 0 Å². The number of aromatic nitrogens is 3. The Labute approximate surface area is 138 Å². The molecule has 0 aromatic carbocycles. The molecule has 0 radical (unpaired) electrons. The van der Waals surface area contributed by atoms with E-state index in [0.29, 0.717) is 18.0 Å². The lowest BCUT2D eigenvalue weighted by Gasteiger charge is -2.33. The summed E-state index contributed by atoms with van der Waals surface area (Å²) in [6.45, 7) is 3.56. The zero-order valence-corrected chi connectivity index (χ0v) is 14.0. The van der Waals surface area contributed by atoms with Gasteiger partial charge >= 0.3 is 5.97 Å². The minimum atomic E-state index is -0.231. The zero-order valence-electron chi connectivity index (χ0n) is 12.3. The van der Waals surface area contributed by atoms with E-state index in [1.54, 1.807) is 16.4 Å². The van der Waals surface area contributed by atoms with Crippen LogP contribution in [0.2, 0.25) is 0 Å². The number of thioether (sulfide) groups is 1. The Hall–Kier alpha value is -1.38. The maximum Gasteiger partial charge on any atom is 0.324 e. The highest BCUT2D eigenvalue weighted by Crippen LogP contribution is 2.18. The molecule has 0 N–H and O–H groups in total. The summed E-state index contributed by atoms with van der Waals surface area (Å²) < 4.78 is 9.46. The van der Waals surface area contributed by atoms with Gasteiger partial charge in [-0.05, 0) is 31.3 Å². The van der Waals surface area contributed by atoms with Gasteiger partial charge in [0.15, 0.2) is 5.65 Å². The first-order valence-corrected chi connectivity index (χ1v) is 8.79. The Morgan fingerprint density at radius 2 is 2.41 bits per heavy atom. The number of esters is 1. The Morgan fingerprint density at radius 1 is 1.55 bits per heavy atom. The van der Waals surface area contributed by atoms with Crippen LogP contribution >= 0.6 is 24.0 Å². The predicted octanol–water partition coefficient (Wildman–Crippen LogP) is 1.80. The molecule has 0 spiro atoms. The highest BCUT2D eigenvalue weighted by molar-refractivity contribution is 7.99. The van der Waals surface area contributed by atoms with Crippen LogP contribution in [0.25, 0.3) is 5.65 Å². The molecule has 1 fully saturated rings. The molecule has 1 aliphatic rings. The van der Waals surface area contributed by atoms with Gasteiger partial charge in [-0.15, -0.1) is 0 Å². The highest BCUT2D eigenvalue weighted by Gasteiger charge is 2.30. The lowest BCUT2D eigenvalue weighted by Crippen LogP contribution is -2.48. The summed E-state index contributed by atoms with van der Waals surface area (Å²) in [5, 5.41) is 4.52. The number of hydrogen-bond donors (Lipinski definition) is 0. The third-order valence-electron chi connectivity index (χ3n) is 3.60. The van der Waals surface area contributed by atoms with E-state index in [9.17, 15) is 4.79 Å². The fourth-order valence-electron chi connectivity index (χ4n) is 2.50. The number of nitrogens with zero attached hydrogens (tertiary/aromatic N) is 4. The Balaban J connectivity index is 1.84. The van der Waals surface area contributed by atoms with E-state index < -0.39 is 0 Å². The van der Waals surface area contributed by atoms with E-state index in [2.05, 4.69) is 10.00 Å². The average Bonchev–Trinajstić information content (AvgIpc) is 2.85. The van der Waals surface area contributed by atoms with Crippen LogP contribution in [0.1, 0.15) is 6.92 Å². The molecule has 6 nitrogen and oxygen atoms in total. The zero-order chi connectivity index (χ0) is 15.5. The maximum atomic E-state index is 12.1. The fourth-order valence-corrected chi connectivity index (χ4v) is 3.85. The number of fused-ring (bicyclic) bond motifs is 1. The van der Waals surface area contributed by atoms with E-state index in [1.165, 1.54) is 0 Å². The van der Waals surface area contributed by atoms with Gasteiger partial charge in [0.1, 0.15) is 6.04 Å². The quantitative estimate of drug-likeness (QED) is 0.626. The molecule has 0 amide bonds. The molecule has 1 saturated heterocycles. The first kappa shape index (κ1) is 15.5. The summed E-state index contributed by atoms with van der Waals surface area (Å²) in [6, 6.07) is 5.54. The van der Waals surface area contributed by atoms with Crippen molar-refractivity contribution in [3.8, 4) is 0 Å². The molecular weight excluding hydrogens is 320 g/mol. The van der Waals surface area contributed by atoms with E-state index in [1.807, 2.05) is 35.7 Å². The molecule has 22 heavy (non-hydrogen) atoms. The van der Waals surface area contributed by atoms with E-state index >= 15 is 0 Å². The van der Waals surface area contributed by atoms with Crippen molar-refractivity contribution < 1.29 is 9.53 Å². The van der Waals surface area contributed by atoms with Crippen LogP contribution in [0.3, 0.4) is 0 Å². The summed E-state index contributed by atoms with van der Waals surface area (Å²) in [4.78, 5) is 14.2. The number of carbonyl (C=O) groups is 1. The van der Waals surface area contributed by atoms with Crippen molar-refractivity contribution in [2.45, 2.75) is 19.6 Å². The number of ether oxygens (including phenoxy) is 1. The lowest BCUT2D eigenvalue weighted by atomic mass is 10.3. The van der Waals surface area contributed by atoms with Gasteiger partial charge in [-0.1, -0.05) is 6.07 Å². The largest absolute Gasteiger partial charge is 0.465 e. The summed E-state index contributed by atoms with van der Waals surface area (Å²) in [5.41, 5.74) is 0.812.